The molecule has 0 saturated carbocycles. The first-order valence-corrected chi connectivity index (χ1v) is 8.34. The van der Waals surface area contributed by atoms with Crippen molar-refractivity contribution in [1.29, 1.82) is 0 Å². The first-order valence-electron chi connectivity index (χ1n) is 8.34. The fourth-order valence-electron chi connectivity index (χ4n) is 3.01. The summed E-state index contributed by atoms with van der Waals surface area (Å²) in [4.78, 5) is 27.1. The van der Waals surface area contributed by atoms with Gasteiger partial charge < -0.3 is 4.90 Å². The van der Waals surface area contributed by atoms with Gasteiger partial charge in [0.15, 0.2) is 0 Å². The quantitative estimate of drug-likeness (QED) is 0.634. The molecule has 6 heteroatoms. The number of carbonyl (C=O) groups excluding carboxylic acids is 1. The standard InChI is InChI=1S/C19H21N3O3/c1-15-5-7-17(8-6-15)19(23)21-11-9-20(10-12-21)14-16-3-2-4-18(13-16)22(24)25/h2-8,13H,9-12,14H2,1H3. The summed E-state index contributed by atoms with van der Waals surface area (Å²) in [5.74, 6) is 0.0648. The normalized spacial score (nSPS) is 15.2. The molecule has 130 valence electrons. The Kier molecular flexibility index (Phi) is 5.09. The molecule has 1 aliphatic rings. The summed E-state index contributed by atoms with van der Waals surface area (Å²) < 4.78 is 0. The Morgan fingerprint density at radius 3 is 2.40 bits per heavy atom. The molecule has 1 aliphatic heterocycles. The topological polar surface area (TPSA) is 66.7 Å². The molecule has 2 aromatic carbocycles. The first kappa shape index (κ1) is 17.1. The third-order valence-electron chi connectivity index (χ3n) is 4.49. The third kappa shape index (κ3) is 4.22. The van der Waals surface area contributed by atoms with E-state index in [0.717, 1.165) is 29.8 Å². The van der Waals surface area contributed by atoms with Crippen LogP contribution in [0.5, 0.6) is 0 Å². The maximum atomic E-state index is 12.5. The largest absolute Gasteiger partial charge is 0.336 e. The minimum Gasteiger partial charge on any atom is -0.336 e. The molecular formula is C19H21N3O3. The van der Waals surface area contributed by atoms with Crippen LogP contribution in [-0.4, -0.2) is 46.8 Å². The van der Waals surface area contributed by atoms with E-state index in [9.17, 15) is 14.9 Å². The molecule has 0 aliphatic carbocycles. The molecule has 0 spiro atoms. The molecule has 1 saturated heterocycles. The van der Waals surface area contributed by atoms with Gasteiger partial charge in [0, 0.05) is 50.4 Å². The van der Waals surface area contributed by atoms with Crippen molar-refractivity contribution in [3.05, 3.63) is 75.3 Å². The minimum atomic E-state index is -0.373. The molecule has 2 aromatic rings. The second kappa shape index (κ2) is 7.44. The Bertz CT molecular complexity index is 766. The van der Waals surface area contributed by atoms with E-state index >= 15 is 0 Å². The Hall–Kier alpha value is -2.73. The average molecular weight is 339 g/mol. The highest BCUT2D eigenvalue weighted by atomic mass is 16.6. The van der Waals surface area contributed by atoms with E-state index in [1.807, 2.05) is 42.2 Å². The lowest BCUT2D eigenvalue weighted by molar-refractivity contribution is -0.384. The number of amides is 1. The van der Waals surface area contributed by atoms with Crippen LogP contribution >= 0.6 is 0 Å². The van der Waals surface area contributed by atoms with Crippen LogP contribution in [0.25, 0.3) is 0 Å². The summed E-state index contributed by atoms with van der Waals surface area (Å²) in [6, 6.07) is 14.4. The summed E-state index contributed by atoms with van der Waals surface area (Å²) >= 11 is 0. The number of non-ortho nitro benzene ring substituents is 1. The van der Waals surface area contributed by atoms with Crippen molar-refractivity contribution in [3.63, 3.8) is 0 Å². The van der Waals surface area contributed by atoms with Crippen molar-refractivity contribution in [2.45, 2.75) is 13.5 Å². The van der Waals surface area contributed by atoms with Gasteiger partial charge in [-0.1, -0.05) is 29.8 Å². The molecule has 0 radical (unpaired) electrons. The number of benzene rings is 2. The van der Waals surface area contributed by atoms with E-state index in [-0.39, 0.29) is 16.5 Å². The van der Waals surface area contributed by atoms with E-state index in [0.29, 0.717) is 19.6 Å². The van der Waals surface area contributed by atoms with Crippen molar-refractivity contribution >= 4 is 11.6 Å². The van der Waals surface area contributed by atoms with Crippen molar-refractivity contribution in [3.8, 4) is 0 Å². The second-order valence-corrected chi connectivity index (χ2v) is 6.36. The Balaban J connectivity index is 1.56. The monoisotopic (exact) mass is 339 g/mol. The molecule has 1 amide bonds. The van der Waals surface area contributed by atoms with Crippen molar-refractivity contribution in [2.24, 2.45) is 0 Å². The fourth-order valence-corrected chi connectivity index (χ4v) is 3.01. The van der Waals surface area contributed by atoms with Gasteiger partial charge in [-0.2, -0.15) is 0 Å². The highest BCUT2D eigenvalue weighted by Gasteiger charge is 2.22. The molecule has 0 atom stereocenters. The molecule has 1 heterocycles. The average Bonchev–Trinajstić information content (AvgIpc) is 2.63. The molecule has 0 bridgehead atoms. The van der Waals surface area contributed by atoms with E-state index < -0.39 is 0 Å². The van der Waals surface area contributed by atoms with Crippen molar-refractivity contribution in [1.82, 2.24) is 9.80 Å². The molecule has 1 fully saturated rings. The number of hydrogen-bond acceptors (Lipinski definition) is 4. The molecule has 3 rings (SSSR count). The number of nitrogens with zero attached hydrogens (tertiary/aromatic N) is 3. The van der Waals surface area contributed by atoms with Gasteiger partial charge in [0.1, 0.15) is 0 Å². The van der Waals surface area contributed by atoms with Crippen molar-refractivity contribution < 1.29 is 9.72 Å². The maximum Gasteiger partial charge on any atom is 0.269 e. The fraction of sp³-hybridized carbons (Fsp3) is 0.316. The Labute approximate surface area is 146 Å². The van der Waals surface area contributed by atoms with Gasteiger partial charge in [-0.25, -0.2) is 0 Å². The van der Waals surface area contributed by atoms with Crippen LogP contribution < -0.4 is 0 Å². The number of rotatable bonds is 4. The van der Waals surface area contributed by atoms with Crippen LogP contribution in [0.2, 0.25) is 0 Å². The Morgan fingerprint density at radius 1 is 1.08 bits per heavy atom. The van der Waals surface area contributed by atoms with E-state index in [1.54, 1.807) is 12.1 Å². The van der Waals surface area contributed by atoms with Crippen LogP contribution in [0.1, 0.15) is 21.5 Å². The predicted molar refractivity (Wildman–Crippen MR) is 95.5 cm³/mol. The summed E-state index contributed by atoms with van der Waals surface area (Å²) in [6.45, 7) is 5.53. The van der Waals surface area contributed by atoms with Crippen molar-refractivity contribution in [2.75, 3.05) is 26.2 Å². The predicted octanol–water partition coefficient (Wildman–Crippen LogP) is 2.86. The second-order valence-electron chi connectivity index (χ2n) is 6.36. The van der Waals surface area contributed by atoms with Gasteiger partial charge in [0.05, 0.1) is 4.92 Å². The van der Waals surface area contributed by atoms with Crippen LogP contribution in [0.4, 0.5) is 5.69 Å². The maximum absolute atomic E-state index is 12.5. The number of nitro benzene ring substituents is 1. The summed E-state index contributed by atoms with van der Waals surface area (Å²) in [6.07, 6.45) is 0. The summed E-state index contributed by atoms with van der Waals surface area (Å²) in [5.41, 5.74) is 2.90. The lowest BCUT2D eigenvalue weighted by atomic mass is 10.1. The number of aryl methyl sites for hydroxylation is 1. The minimum absolute atomic E-state index is 0.0648. The van der Waals surface area contributed by atoms with E-state index in [2.05, 4.69) is 4.90 Å². The SMILES string of the molecule is Cc1ccc(C(=O)N2CCN(Cc3cccc([N+](=O)[O-])c3)CC2)cc1. The van der Waals surface area contributed by atoms with Gasteiger partial charge in [-0.3, -0.25) is 19.8 Å². The Morgan fingerprint density at radius 2 is 1.76 bits per heavy atom. The highest BCUT2D eigenvalue weighted by molar-refractivity contribution is 5.94. The van der Waals surface area contributed by atoms with Crippen LogP contribution in [0.15, 0.2) is 48.5 Å². The lowest BCUT2D eigenvalue weighted by Gasteiger charge is -2.34. The number of nitro groups is 1. The number of carbonyl (C=O) groups is 1. The van der Waals surface area contributed by atoms with Gasteiger partial charge >= 0.3 is 0 Å². The van der Waals surface area contributed by atoms with Crippen LogP contribution in [0, 0.1) is 17.0 Å². The molecule has 0 unspecified atom stereocenters. The van der Waals surface area contributed by atoms with Crippen LogP contribution in [0.3, 0.4) is 0 Å². The molecule has 25 heavy (non-hydrogen) atoms. The van der Waals surface area contributed by atoms with Gasteiger partial charge in [0.2, 0.25) is 0 Å². The molecule has 6 nitrogen and oxygen atoms in total. The summed E-state index contributed by atoms with van der Waals surface area (Å²) in [7, 11) is 0. The first-order chi connectivity index (χ1) is 12.0. The molecule has 0 N–H and O–H groups in total. The van der Waals surface area contributed by atoms with Gasteiger partial charge in [0.25, 0.3) is 11.6 Å². The lowest BCUT2D eigenvalue weighted by Crippen LogP contribution is -2.48. The van der Waals surface area contributed by atoms with Gasteiger partial charge in [-0.05, 0) is 24.6 Å². The zero-order valence-electron chi connectivity index (χ0n) is 14.2. The molecule has 0 aromatic heterocycles. The number of hydrogen-bond donors (Lipinski definition) is 0. The smallest absolute Gasteiger partial charge is 0.269 e. The third-order valence-corrected chi connectivity index (χ3v) is 4.49. The molecular weight excluding hydrogens is 318 g/mol. The number of piperazine rings is 1. The highest BCUT2D eigenvalue weighted by Crippen LogP contribution is 2.16. The van der Waals surface area contributed by atoms with Gasteiger partial charge in [-0.15, -0.1) is 0 Å². The zero-order chi connectivity index (χ0) is 17.8. The summed E-state index contributed by atoms with van der Waals surface area (Å²) in [5, 5.41) is 10.9. The van der Waals surface area contributed by atoms with Crippen LogP contribution in [-0.2, 0) is 6.54 Å². The zero-order valence-corrected chi connectivity index (χ0v) is 14.2. The van der Waals surface area contributed by atoms with E-state index in [1.165, 1.54) is 6.07 Å². The van der Waals surface area contributed by atoms with E-state index in [4.69, 9.17) is 0 Å².